The highest BCUT2D eigenvalue weighted by molar-refractivity contribution is 5.94. The summed E-state index contributed by atoms with van der Waals surface area (Å²) < 4.78 is 5.33. The van der Waals surface area contributed by atoms with Crippen LogP contribution in [0.2, 0.25) is 0 Å². The molecule has 1 aromatic rings. The van der Waals surface area contributed by atoms with Crippen molar-refractivity contribution in [1.82, 2.24) is 4.90 Å². The molecule has 1 unspecified atom stereocenters. The van der Waals surface area contributed by atoms with E-state index in [9.17, 15) is 4.79 Å². The van der Waals surface area contributed by atoms with Gasteiger partial charge in [-0.25, -0.2) is 0 Å². The summed E-state index contributed by atoms with van der Waals surface area (Å²) in [6.07, 6.45) is 0.344. The van der Waals surface area contributed by atoms with E-state index < -0.39 is 0 Å². The highest BCUT2D eigenvalue weighted by Crippen LogP contribution is 2.21. The van der Waals surface area contributed by atoms with Crippen molar-refractivity contribution in [3.63, 3.8) is 0 Å². The number of ether oxygens (including phenoxy) is 1. The van der Waals surface area contributed by atoms with E-state index in [0.29, 0.717) is 25.2 Å². The second-order valence-corrected chi connectivity index (χ2v) is 4.60. The van der Waals surface area contributed by atoms with Gasteiger partial charge in [-0.1, -0.05) is 6.07 Å². The number of hydrogen-bond donors (Lipinski definition) is 0. The van der Waals surface area contributed by atoms with Gasteiger partial charge in [0, 0.05) is 18.7 Å². The molecular weight excluding hydrogens is 228 g/mol. The Morgan fingerprint density at radius 1 is 1.50 bits per heavy atom. The molecule has 0 saturated heterocycles. The summed E-state index contributed by atoms with van der Waals surface area (Å²) in [6, 6.07) is 7.66. The fraction of sp³-hybridized carbons (Fsp3) is 0.429. The van der Waals surface area contributed by atoms with Gasteiger partial charge in [-0.15, -0.1) is 0 Å². The van der Waals surface area contributed by atoms with Gasteiger partial charge in [0.2, 0.25) is 0 Å². The Hall–Kier alpha value is -1.86. The van der Waals surface area contributed by atoms with Gasteiger partial charge in [0.05, 0.1) is 25.7 Å². The van der Waals surface area contributed by atoms with Crippen molar-refractivity contribution in [3.05, 3.63) is 34.9 Å². The van der Waals surface area contributed by atoms with Crippen molar-refractivity contribution in [2.75, 3.05) is 7.05 Å². The molecule has 1 aromatic carbocycles. The third-order valence-corrected chi connectivity index (χ3v) is 3.34. The monoisotopic (exact) mass is 244 g/mol. The summed E-state index contributed by atoms with van der Waals surface area (Å²) in [6.45, 7) is 3.08. The molecule has 1 aliphatic rings. The van der Waals surface area contributed by atoms with E-state index in [1.807, 2.05) is 25.1 Å². The summed E-state index contributed by atoms with van der Waals surface area (Å²) in [5.41, 5.74) is 2.90. The average molecular weight is 244 g/mol. The minimum Gasteiger partial charge on any atom is -0.372 e. The van der Waals surface area contributed by atoms with Gasteiger partial charge in [-0.3, -0.25) is 4.79 Å². The number of rotatable bonds is 3. The van der Waals surface area contributed by atoms with Gasteiger partial charge in [-0.05, 0) is 30.2 Å². The Balaban J connectivity index is 2.16. The smallest absolute Gasteiger partial charge is 0.253 e. The largest absolute Gasteiger partial charge is 0.372 e. The maximum absolute atomic E-state index is 12.2. The zero-order valence-corrected chi connectivity index (χ0v) is 10.6. The van der Waals surface area contributed by atoms with E-state index in [1.165, 1.54) is 0 Å². The molecule has 1 atom stereocenters. The lowest BCUT2D eigenvalue weighted by Gasteiger charge is -2.23. The number of benzene rings is 1. The molecule has 0 bridgehead atoms. The second-order valence-electron chi connectivity index (χ2n) is 4.60. The van der Waals surface area contributed by atoms with Crippen molar-refractivity contribution in [1.29, 1.82) is 5.26 Å². The lowest BCUT2D eigenvalue weighted by atomic mass is 10.0. The molecular formula is C14H16N2O2. The van der Waals surface area contributed by atoms with Crippen LogP contribution in [0.3, 0.4) is 0 Å². The molecule has 1 heterocycles. The molecule has 4 heteroatoms. The van der Waals surface area contributed by atoms with Crippen molar-refractivity contribution in [2.45, 2.75) is 32.6 Å². The quantitative estimate of drug-likeness (QED) is 0.818. The highest BCUT2D eigenvalue weighted by atomic mass is 16.5. The molecule has 0 N–H and O–H groups in total. The van der Waals surface area contributed by atoms with Crippen LogP contribution in [-0.2, 0) is 18.0 Å². The van der Waals surface area contributed by atoms with Crippen LogP contribution in [0, 0.1) is 11.3 Å². The van der Waals surface area contributed by atoms with Crippen LogP contribution in [0.5, 0.6) is 0 Å². The van der Waals surface area contributed by atoms with Crippen LogP contribution in [0.15, 0.2) is 18.2 Å². The first-order chi connectivity index (χ1) is 8.63. The van der Waals surface area contributed by atoms with Gasteiger partial charge in [0.15, 0.2) is 0 Å². The van der Waals surface area contributed by atoms with E-state index in [1.54, 1.807) is 11.9 Å². The molecule has 0 fully saturated rings. The number of hydrogen-bond acceptors (Lipinski definition) is 3. The minimum atomic E-state index is -0.0768. The molecule has 4 nitrogen and oxygen atoms in total. The number of amides is 1. The van der Waals surface area contributed by atoms with E-state index in [-0.39, 0.29) is 11.9 Å². The van der Waals surface area contributed by atoms with Crippen LogP contribution in [0.4, 0.5) is 0 Å². The summed E-state index contributed by atoms with van der Waals surface area (Å²) in [7, 11) is 1.73. The van der Waals surface area contributed by atoms with Crippen molar-refractivity contribution < 1.29 is 9.53 Å². The summed E-state index contributed by atoms with van der Waals surface area (Å²) in [5, 5.41) is 8.66. The van der Waals surface area contributed by atoms with Crippen LogP contribution in [-0.4, -0.2) is 23.9 Å². The maximum Gasteiger partial charge on any atom is 0.253 e. The number of carbonyl (C=O) groups is 1. The van der Waals surface area contributed by atoms with Crippen LogP contribution >= 0.6 is 0 Å². The lowest BCUT2D eigenvalue weighted by Crippen LogP contribution is -2.34. The van der Waals surface area contributed by atoms with Gasteiger partial charge in [0.25, 0.3) is 5.91 Å². The number of fused-ring (bicyclic) bond motifs is 1. The third kappa shape index (κ3) is 2.36. The zero-order chi connectivity index (χ0) is 13.1. The first-order valence-electron chi connectivity index (χ1n) is 5.97. The number of nitrogens with zero attached hydrogens (tertiary/aromatic N) is 2. The second kappa shape index (κ2) is 5.19. The molecule has 0 saturated carbocycles. The Labute approximate surface area is 107 Å². The molecule has 18 heavy (non-hydrogen) atoms. The fourth-order valence-corrected chi connectivity index (χ4v) is 1.98. The van der Waals surface area contributed by atoms with Crippen LogP contribution in [0.25, 0.3) is 0 Å². The van der Waals surface area contributed by atoms with Gasteiger partial charge >= 0.3 is 0 Å². The lowest BCUT2D eigenvalue weighted by molar-refractivity contribution is 0.0746. The van der Waals surface area contributed by atoms with E-state index in [4.69, 9.17) is 10.00 Å². The predicted molar refractivity (Wildman–Crippen MR) is 66.7 cm³/mol. The summed E-state index contributed by atoms with van der Waals surface area (Å²) in [4.78, 5) is 13.8. The van der Waals surface area contributed by atoms with Gasteiger partial charge < -0.3 is 9.64 Å². The Morgan fingerprint density at radius 2 is 2.22 bits per heavy atom. The third-order valence-electron chi connectivity index (χ3n) is 3.34. The molecule has 0 aromatic heterocycles. The first-order valence-corrected chi connectivity index (χ1v) is 5.97. The Morgan fingerprint density at radius 3 is 2.94 bits per heavy atom. The molecule has 0 spiro atoms. The summed E-state index contributed by atoms with van der Waals surface area (Å²) >= 11 is 0. The molecule has 94 valence electrons. The molecule has 1 amide bonds. The first kappa shape index (κ1) is 12.6. The minimum absolute atomic E-state index is 0.0487. The topological polar surface area (TPSA) is 53.3 Å². The predicted octanol–water partition coefficient (Wildman–Crippen LogP) is 2.09. The molecule has 0 aliphatic carbocycles. The van der Waals surface area contributed by atoms with Crippen molar-refractivity contribution in [2.24, 2.45) is 0 Å². The Bertz CT molecular complexity index is 505. The van der Waals surface area contributed by atoms with Gasteiger partial charge in [-0.2, -0.15) is 5.26 Å². The normalized spacial score (nSPS) is 14.7. The van der Waals surface area contributed by atoms with Crippen LogP contribution < -0.4 is 0 Å². The highest BCUT2D eigenvalue weighted by Gasteiger charge is 2.19. The van der Waals surface area contributed by atoms with E-state index in [0.717, 1.165) is 11.1 Å². The number of nitriles is 1. The van der Waals surface area contributed by atoms with E-state index in [2.05, 4.69) is 6.07 Å². The van der Waals surface area contributed by atoms with Crippen LogP contribution in [0.1, 0.15) is 34.8 Å². The SMILES string of the molecule is CC(CC#N)N(C)C(=O)c1ccc2c(c1)COC2. The summed E-state index contributed by atoms with van der Waals surface area (Å²) in [5.74, 6) is -0.0487. The van der Waals surface area contributed by atoms with Crippen molar-refractivity contribution >= 4 is 5.91 Å². The molecule has 1 aliphatic heterocycles. The fourth-order valence-electron chi connectivity index (χ4n) is 1.98. The number of carbonyl (C=O) groups excluding carboxylic acids is 1. The maximum atomic E-state index is 12.2. The average Bonchev–Trinajstić information content (AvgIpc) is 2.84. The zero-order valence-electron chi connectivity index (χ0n) is 10.6. The Kier molecular flexibility index (Phi) is 3.63. The van der Waals surface area contributed by atoms with E-state index >= 15 is 0 Å². The molecule has 2 rings (SSSR count). The standard InChI is InChI=1S/C14H16N2O2/c1-10(5-6-15)16(2)14(17)11-3-4-12-8-18-9-13(12)7-11/h3-4,7,10H,5,8-9H2,1-2H3. The van der Waals surface area contributed by atoms with Crippen molar-refractivity contribution in [3.8, 4) is 6.07 Å². The molecule has 0 radical (unpaired) electrons. The van der Waals surface area contributed by atoms with Gasteiger partial charge in [0.1, 0.15) is 0 Å².